The Bertz CT molecular complexity index is 1050. The Labute approximate surface area is 153 Å². The molecule has 0 radical (unpaired) electrons. The number of amides is 1. The SMILES string of the molecule is CS(=O)(=O)NC(=O)C1CCCN(S(=O)(=O)c2ccc3ccccc3c2)C1. The van der Waals surface area contributed by atoms with E-state index in [1.54, 1.807) is 18.2 Å². The molecular weight excluding hydrogens is 376 g/mol. The van der Waals surface area contributed by atoms with Crippen molar-refractivity contribution in [3.05, 3.63) is 42.5 Å². The summed E-state index contributed by atoms with van der Waals surface area (Å²) in [6.45, 7) is 0.272. The molecular formula is C17H20N2O5S2. The van der Waals surface area contributed by atoms with Gasteiger partial charge in [-0.05, 0) is 35.7 Å². The van der Waals surface area contributed by atoms with E-state index < -0.39 is 31.9 Å². The van der Waals surface area contributed by atoms with Crippen molar-refractivity contribution in [1.29, 1.82) is 0 Å². The molecule has 1 unspecified atom stereocenters. The van der Waals surface area contributed by atoms with Crippen LogP contribution in [0.1, 0.15) is 12.8 Å². The summed E-state index contributed by atoms with van der Waals surface area (Å²) in [6, 6.07) is 12.4. The average Bonchev–Trinajstić information content (AvgIpc) is 2.60. The van der Waals surface area contributed by atoms with Gasteiger partial charge in [0.1, 0.15) is 0 Å². The van der Waals surface area contributed by atoms with Gasteiger partial charge in [0.15, 0.2) is 0 Å². The van der Waals surface area contributed by atoms with Crippen molar-refractivity contribution in [2.24, 2.45) is 5.92 Å². The lowest BCUT2D eigenvalue weighted by Crippen LogP contribution is -2.46. The van der Waals surface area contributed by atoms with Crippen molar-refractivity contribution >= 4 is 36.7 Å². The molecule has 1 amide bonds. The highest BCUT2D eigenvalue weighted by atomic mass is 32.2. The predicted molar refractivity (Wildman–Crippen MR) is 98.4 cm³/mol. The number of nitrogens with zero attached hydrogens (tertiary/aromatic N) is 1. The number of piperidine rings is 1. The molecule has 7 nitrogen and oxygen atoms in total. The standard InChI is InChI=1S/C17H20N2O5S2/c1-25(21,22)18-17(20)15-7-4-10-19(12-15)26(23,24)16-9-8-13-5-2-3-6-14(13)11-16/h2-3,5-6,8-9,11,15H,4,7,10,12H2,1H3,(H,18,20). The van der Waals surface area contributed by atoms with Gasteiger partial charge < -0.3 is 0 Å². The molecule has 140 valence electrons. The van der Waals surface area contributed by atoms with Crippen LogP contribution < -0.4 is 4.72 Å². The minimum Gasteiger partial charge on any atom is -0.274 e. The van der Waals surface area contributed by atoms with Crippen LogP contribution in [0.5, 0.6) is 0 Å². The van der Waals surface area contributed by atoms with E-state index in [2.05, 4.69) is 0 Å². The Morgan fingerprint density at radius 1 is 1.08 bits per heavy atom. The second-order valence-electron chi connectivity index (χ2n) is 6.45. The normalized spacial score (nSPS) is 19.3. The second kappa shape index (κ2) is 6.98. The van der Waals surface area contributed by atoms with Gasteiger partial charge in [-0.25, -0.2) is 16.8 Å². The lowest BCUT2D eigenvalue weighted by molar-refractivity contribution is -0.124. The molecule has 26 heavy (non-hydrogen) atoms. The molecule has 3 rings (SSSR count). The molecule has 2 aromatic rings. The van der Waals surface area contributed by atoms with E-state index >= 15 is 0 Å². The third kappa shape index (κ3) is 4.05. The quantitative estimate of drug-likeness (QED) is 0.840. The van der Waals surface area contributed by atoms with Crippen LogP contribution in [0.25, 0.3) is 10.8 Å². The Morgan fingerprint density at radius 2 is 1.77 bits per heavy atom. The first-order valence-electron chi connectivity index (χ1n) is 8.17. The number of benzene rings is 2. The lowest BCUT2D eigenvalue weighted by Gasteiger charge is -2.31. The van der Waals surface area contributed by atoms with Crippen LogP contribution >= 0.6 is 0 Å². The fourth-order valence-corrected chi connectivity index (χ4v) is 5.21. The molecule has 2 aromatic carbocycles. The molecule has 1 saturated heterocycles. The van der Waals surface area contributed by atoms with E-state index in [1.807, 2.05) is 29.0 Å². The molecule has 1 N–H and O–H groups in total. The van der Waals surface area contributed by atoms with E-state index in [1.165, 1.54) is 4.31 Å². The summed E-state index contributed by atoms with van der Waals surface area (Å²) in [4.78, 5) is 12.3. The molecule has 0 aromatic heterocycles. The number of rotatable bonds is 4. The first kappa shape index (κ1) is 18.8. The van der Waals surface area contributed by atoms with Gasteiger partial charge in [0.2, 0.25) is 26.0 Å². The summed E-state index contributed by atoms with van der Waals surface area (Å²) in [5.74, 6) is -1.35. The summed E-state index contributed by atoms with van der Waals surface area (Å²) in [7, 11) is -7.43. The zero-order chi connectivity index (χ0) is 18.9. The van der Waals surface area contributed by atoms with Crippen LogP contribution in [0.15, 0.2) is 47.4 Å². The summed E-state index contributed by atoms with van der Waals surface area (Å²) >= 11 is 0. The van der Waals surface area contributed by atoms with Gasteiger partial charge in [-0.1, -0.05) is 30.3 Å². The van der Waals surface area contributed by atoms with Gasteiger partial charge in [0.25, 0.3) is 0 Å². The fourth-order valence-electron chi connectivity index (χ4n) is 3.12. The number of hydrogen-bond donors (Lipinski definition) is 1. The summed E-state index contributed by atoms with van der Waals surface area (Å²) in [5, 5.41) is 1.76. The number of carbonyl (C=O) groups excluding carboxylic acids is 1. The topological polar surface area (TPSA) is 101 Å². The minimum atomic E-state index is -3.76. The first-order chi connectivity index (χ1) is 12.2. The van der Waals surface area contributed by atoms with E-state index in [4.69, 9.17) is 0 Å². The predicted octanol–water partition coefficient (Wildman–Crippen LogP) is 1.32. The van der Waals surface area contributed by atoms with E-state index in [9.17, 15) is 21.6 Å². The summed E-state index contributed by atoms with van der Waals surface area (Å²) < 4.78 is 51.6. The van der Waals surface area contributed by atoms with Crippen molar-refractivity contribution in [1.82, 2.24) is 9.03 Å². The maximum atomic E-state index is 13.0. The number of nitrogens with one attached hydrogen (secondary N) is 1. The molecule has 0 spiro atoms. The first-order valence-corrected chi connectivity index (χ1v) is 11.5. The van der Waals surface area contributed by atoms with Crippen molar-refractivity contribution in [2.75, 3.05) is 19.3 Å². The van der Waals surface area contributed by atoms with Gasteiger partial charge in [-0.15, -0.1) is 0 Å². The number of sulfonamides is 2. The second-order valence-corrected chi connectivity index (χ2v) is 10.1. The van der Waals surface area contributed by atoms with Crippen molar-refractivity contribution in [3.63, 3.8) is 0 Å². The molecule has 1 atom stereocenters. The molecule has 1 aliphatic heterocycles. The molecule has 0 aliphatic carbocycles. The van der Waals surface area contributed by atoms with E-state index in [0.29, 0.717) is 19.4 Å². The maximum Gasteiger partial charge on any atom is 0.243 e. The molecule has 1 aliphatic rings. The number of hydrogen-bond acceptors (Lipinski definition) is 5. The van der Waals surface area contributed by atoms with Crippen molar-refractivity contribution in [3.8, 4) is 0 Å². The summed E-state index contributed by atoms with van der Waals surface area (Å²) in [5.41, 5.74) is 0. The Morgan fingerprint density at radius 3 is 2.46 bits per heavy atom. The fraction of sp³-hybridized carbons (Fsp3) is 0.353. The van der Waals surface area contributed by atoms with Gasteiger partial charge in [0.05, 0.1) is 17.1 Å². The van der Waals surface area contributed by atoms with Crippen LogP contribution in [0.2, 0.25) is 0 Å². The Kier molecular flexibility index (Phi) is 5.05. The zero-order valence-corrected chi connectivity index (χ0v) is 15.9. The van der Waals surface area contributed by atoms with Crippen LogP contribution in [0.3, 0.4) is 0 Å². The molecule has 0 bridgehead atoms. The van der Waals surface area contributed by atoms with Crippen LogP contribution in [-0.4, -0.2) is 46.4 Å². The zero-order valence-electron chi connectivity index (χ0n) is 14.3. The lowest BCUT2D eigenvalue weighted by atomic mass is 9.99. The van der Waals surface area contributed by atoms with Crippen molar-refractivity contribution < 1.29 is 21.6 Å². The third-order valence-corrected chi connectivity index (χ3v) is 6.83. The van der Waals surface area contributed by atoms with Gasteiger partial charge in [-0.2, -0.15) is 4.31 Å². The maximum absolute atomic E-state index is 13.0. The Hall–Kier alpha value is -1.97. The van der Waals surface area contributed by atoms with Crippen LogP contribution in [0.4, 0.5) is 0 Å². The highest BCUT2D eigenvalue weighted by Crippen LogP contribution is 2.26. The summed E-state index contributed by atoms with van der Waals surface area (Å²) in [6.07, 6.45) is 1.84. The molecule has 1 heterocycles. The van der Waals surface area contributed by atoms with Gasteiger partial charge >= 0.3 is 0 Å². The van der Waals surface area contributed by atoms with Gasteiger partial charge in [-0.3, -0.25) is 9.52 Å². The van der Waals surface area contributed by atoms with Crippen molar-refractivity contribution in [2.45, 2.75) is 17.7 Å². The highest BCUT2D eigenvalue weighted by molar-refractivity contribution is 7.89. The largest absolute Gasteiger partial charge is 0.274 e. The smallest absolute Gasteiger partial charge is 0.243 e. The van der Waals surface area contributed by atoms with Gasteiger partial charge in [0, 0.05) is 13.1 Å². The molecule has 1 fully saturated rings. The molecule has 0 saturated carbocycles. The minimum absolute atomic E-state index is 0.0312. The van der Waals surface area contributed by atoms with Crippen LogP contribution in [0, 0.1) is 5.92 Å². The number of fused-ring (bicyclic) bond motifs is 1. The number of carbonyl (C=O) groups is 1. The molecule has 9 heteroatoms. The van der Waals surface area contributed by atoms with Crippen LogP contribution in [-0.2, 0) is 24.8 Å². The Balaban J connectivity index is 1.85. The highest BCUT2D eigenvalue weighted by Gasteiger charge is 2.34. The van der Waals surface area contributed by atoms with E-state index in [0.717, 1.165) is 17.0 Å². The monoisotopic (exact) mass is 396 g/mol. The average molecular weight is 396 g/mol. The third-order valence-electron chi connectivity index (χ3n) is 4.40. The van der Waals surface area contributed by atoms with E-state index in [-0.39, 0.29) is 11.4 Å².